The van der Waals surface area contributed by atoms with Crippen LogP contribution in [0.2, 0.25) is 0 Å². The van der Waals surface area contributed by atoms with E-state index in [1.807, 2.05) is 5.38 Å². The minimum atomic E-state index is -0.946. The molecule has 3 aromatic rings. The van der Waals surface area contributed by atoms with Gasteiger partial charge in [0.15, 0.2) is 0 Å². The zero-order valence-corrected chi connectivity index (χ0v) is 14.9. The monoisotopic (exact) mass is 387 g/mol. The van der Waals surface area contributed by atoms with E-state index in [4.69, 9.17) is 0 Å². The van der Waals surface area contributed by atoms with Crippen LogP contribution in [0.1, 0.15) is 5.69 Å². The van der Waals surface area contributed by atoms with Gasteiger partial charge in [-0.05, 0) is 24.3 Å². The van der Waals surface area contributed by atoms with Crippen molar-refractivity contribution >= 4 is 28.8 Å². The number of para-hydroxylation sites is 1. The second-order valence-corrected chi connectivity index (χ2v) is 6.45. The van der Waals surface area contributed by atoms with Gasteiger partial charge in [-0.1, -0.05) is 24.3 Å². The molecule has 2 aromatic carbocycles. The van der Waals surface area contributed by atoms with Crippen LogP contribution in [0, 0.1) is 11.6 Å². The Morgan fingerprint density at radius 2 is 1.85 bits per heavy atom. The van der Waals surface area contributed by atoms with Crippen molar-refractivity contribution in [3.05, 3.63) is 71.2 Å². The van der Waals surface area contributed by atoms with Crippen molar-refractivity contribution in [1.82, 2.24) is 10.3 Å². The van der Waals surface area contributed by atoms with Crippen molar-refractivity contribution in [2.24, 2.45) is 0 Å². The van der Waals surface area contributed by atoms with Crippen molar-refractivity contribution in [2.75, 3.05) is 11.9 Å². The molecule has 0 fully saturated rings. The van der Waals surface area contributed by atoms with Gasteiger partial charge in [0.05, 0.1) is 11.4 Å². The van der Waals surface area contributed by atoms with E-state index in [0.29, 0.717) is 22.7 Å². The zero-order valence-electron chi connectivity index (χ0n) is 14.0. The Morgan fingerprint density at radius 3 is 2.63 bits per heavy atom. The number of anilines is 1. The summed E-state index contributed by atoms with van der Waals surface area (Å²) in [6, 6.07) is 11.7. The predicted molar refractivity (Wildman–Crippen MR) is 99.3 cm³/mol. The first-order chi connectivity index (χ1) is 13.0. The number of hydrogen-bond acceptors (Lipinski definition) is 4. The van der Waals surface area contributed by atoms with Crippen LogP contribution in [0.15, 0.2) is 53.9 Å². The molecule has 0 aliphatic heterocycles. The summed E-state index contributed by atoms with van der Waals surface area (Å²) >= 11 is 1.37. The molecule has 0 saturated heterocycles. The summed E-state index contributed by atoms with van der Waals surface area (Å²) < 4.78 is 26.8. The molecule has 0 aliphatic carbocycles. The third-order valence-electron chi connectivity index (χ3n) is 3.62. The number of rotatable bonds is 5. The number of nitrogens with one attached hydrogen (secondary N) is 2. The average molecular weight is 387 g/mol. The van der Waals surface area contributed by atoms with Gasteiger partial charge in [0.2, 0.25) is 0 Å². The highest BCUT2D eigenvalue weighted by atomic mass is 32.1. The molecule has 2 N–H and O–H groups in total. The van der Waals surface area contributed by atoms with Crippen molar-refractivity contribution < 1.29 is 18.4 Å². The fraction of sp³-hybridized carbons (Fsp3) is 0.105. The van der Waals surface area contributed by atoms with Gasteiger partial charge >= 0.3 is 11.8 Å². The number of nitrogens with zero attached hydrogens (tertiary/aromatic N) is 1. The Hall–Kier alpha value is -3.13. The van der Waals surface area contributed by atoms with Crippen LogP contribution in [0.4, 0.5) is 14.5 Å². The lowest BCUT2D eigenvalue weighted by Crippen LogP contribution is -2.36. The SMILES string of the molecule is O=C(NCCc1csc(-c2cccc(F)c2)n1)C(=O)Nc1ccccc1F. The molecule has 1 aromatic heterocycles. The Morgan fingerprint density at radius 1 is 1.04 bits per heavy atom. The number of hydrogen-bond donors (Lipinski definition) is 2. The summed E-state index contributed by atoms with van der Waals surface area (Å²) in [6.07, 6.45) is 0.407. The van der Waals surface area contributed by atoms with Crippen molar-refractivity contribution in [1.29, 1.82) is 0 Å². The Labute approximate surface area is 158 Å². The number of aromatic nitrogens is 1. The molecule has 0 saturated carbocycles. The summed E-state index contributed by atoms with van der Waals surface area (Å²) in [5.74, 6) is -2.76. The van der Waals surface area contributed by atoms with E-state index in [0.717, 1.165) is 0 Å². The van der Waals surface area contributed by atoms with E-state index < -0.39 is 17.6 Å². The van der Waals surface area contributed by atoms with E-state index >= 15 is 0 Å². The number of carbonyl (C=O) groups is 2. The first-order valence-electron chi connectivity index (χ1n) is 8.07. The van der Waals surface area contributed by atoms with E-state index in [9.17, 15) is 18.4 Å². The molecular formula is C19H15F2N3O2S. The fourth-order valence-corrected chi connectivity index (χ4v) is 3.15. The minimum absolute atomic E-state index is 0.0584. The number of benzene rings is 2. The van der Waals surface area contributed by atoms with Crippen LogP contribution in [-0.2, 0) is 16.0 Å². The van der Waals surface area contributed by atoms with Gasteiger partial charge in [0, 0.05) is 23.9 Å². The molecule has 3 rings (SSSR count). The molecule has 2 amide bonds. The third kappa shape index (κ3) is 4.95. The average Bonchev–Trinajstić information content (AvgIpc) is 3.12. The van der Waals surface area contributed by atoms with E-state index in [1.54, 1.807) is 18.2 Å². The van der Waals surface area contributed by atoms with E-state index in [1.165, 1.54) is 41.7 Å². The van der Waals surface area contributed by atoms with E-state index in [-0.39, 0.29) is 18.0 Å². The number of carbonyl (C=O) groups excluding carboxylic acids is 2. The van der Waals surface area contributed by atoms with Crippen molar-refractivity contribution in [2.45, 2.75) is 6.42 Å². The number of halogens is 2. The summed E-state index contributed by atoms with van der Waals surface area (Å²) in [5.41, 5.74) is 1.34. The first kappa shape index (κ1) is 18.7. The maximum atomic E-state index is 13.5. The van der Waals surface area contributed by atoms with Gasteiger partial charge in [-0.25, -0.2) is 13.8 Å². The van der Waals surface area contributed by atoms with E-state index in [2.05, 4.69) is 15.6 Å². The zero-order chi connectivity index (χ0) is 19.2. The molecule has 27 heavy (non-hydrogen) atoms. The minimum Gasteiger partial charge on any atom is -0.347 e. The summed E-state index contributed by atoms with van der Waals surface area (Å²) in [5, 5.41) is 7.16. The van der Waals surface area contributed by atoms with Crippen LogP contribution in [0.25, 0.3) is 10.6 Å². The van der Waals surface area contributed by atoms with Crippen LogP contribution < -0.4 is 10.6 Å². The smallest absolute Gasteiger partial charge is 0.313 e. The molecule has 0 aliphatic rings. The van der Waals surface area contributed by atoms with Crippen LogP contribution >= 0.6 is 11.3 Å². The molecule has 5 nitrogen and oxygen atoms in total. The summed E-state index contributed by atoms with van der Waals surface area (Å²) in [6.45, 7) is 0.190. The fourth-order valence-electron chi connectivity index (χ4n) is 2.30. The molecule has 0 spiro atoms. The van der Waals surface area contributed by atoms with Crippen LogP contribution in [0.5, 0.6) is 0 Å². The van der Waals surface area contributed by atoms with Crippen molar-refractivity contribution in [3.63, 3.8) is 0 Å². The lowest BCUT2D eigenvalue weighted by Gasteiger charge is -2.06. The summed E-state index contributed by atoms with van der Waals surface area (Å²) in [4.78, 5) is 28.0. The van der Waals surface area contributed by atoms with Crippen molar-refractivity contribution in [3.8, 4) is 10.6 Å². The van der Waals surface area contributed by atoms with Gasteiger partial charge in [0.1, 0.15) is 16.6 Å². The molecule has 8 heteroatoms. The topological polar surface area (TPSA) is 71.1 Å². The standard InChI is InChI=1S/C19H15F2N3O2S/c20-13-5-3-4-12(10-13)19-23-14(11-27-19)8-9-22-17(25)18(26)24-16-7-2-1-6-15(16)21/h1-7,10-11H,8-9H2,(H,22,25)(H,24,26). The van der Waals surface area contributed by atoms with Gasteiger partial charge < -0.3 is 10.6 Å². The predicted octanol–water partition coefficient (Wildman–Crippen LogP) is 3.39. The molecule has 1 heterocycles. The summed E-state index contributed by atoms with van der Waals surface area (Å²) in [7, 11) is 0. The van der Waals surface area contributed by atoms with Gasteiger partial charge in [-0.15, -0.1) is 11.3 Å². The van der Waals surface area contributed by atoms with Crippen LogP contribution in [-0.4, -0.2) is 23.3 Å². The maximum absolute atomic E-state index is 13.5. The quantitative estimate of drug-likeness (QED) is 0.660. The van der Waals surface area contributed by atoms with Gasteiger partial charge in [0.25, 0.3) is 0 Å². The molecule has 0 unspecified atom stereocenters. The lowest BCUT2D eigenvalue weighted by atomic mass is 10.2. The Bertz CT molecular complexity index is 975. The molecule has 0 atom stereocenters. The third-order valence-corrected chi connectivity index (χ3v) is 4.56. The normalized spacial score (nSPS) is 10.4. The van der Waals surface area contributed by atoms with Crippen LogP contribution in [0.3, 0.4) is 0 Å². The maximum Gasteiger partial charge on any atom is 0.313 e. The molecule has 0 radical (unpaired) electrons. The lowest BCUT2D eigenvalue weighted by molar-refractivity contribution is -0.136. The highest BCUT2D eigenvalue weighted by molar-refractivity contribution is 7.13. The number of thiazole rings is 1. The highest BCUT2D eigenvalue weighted by Crippen LogP contribution is 2.24. The molecule has 0 bridgehead atoms. The second kappa shape index (κ2) is 8.50. The number of amides is 2. The second-order valence-electron chi connectivity index (χ2n) is 5.59. The Kier molecular flexibility index (Phi) is 5.87. The largest absolute Gasteiger partial charge is 0.347 e. The van der Waals surface area contributed by atoms with Gasteiger partial charge in [-0.2, -0.15) is 0 Å². The highest BCUT2D eigenvalue weighted by Gasteiger charge is 2.15. The Balaban J connectivity index is 1.50. The molecule has 138 valence electrons. The van der Waals surface area contributed by atoms with Gasteiger partial charge in [-0.3, -0.25) is 9.59 Å². The molecular weight excluding hydrogens is 372 g/mol. The first-order valence-corrected chi connectivity index (χ1v) is 8.95.